The number of aromatic nitrogens is 1. The van der Waals surface area contributed by atoms with Crippen LogP contribution in [0.5, 0.6) is 0 Å². The Kier molecular flexibility index (Phi) is 3.64. The van der Waals surface area contributed by atoms with E-state index in [1.54, 1.807) is 18.4 Å². The van der Waals surface area contributed by atoms with Crippen LogP contribution in [-0.4, -0.2) is 12.1 Å². The maximum absolute atomic E-state index is 5.61. The van der Waals surface area contributed by atoms with Crippen molar-refractivity contribution in [2.75, 3.05) is 7.11 Å². The Bertz CT molecular complexity index is 546. The van der Waals surface area contributed by atoms with Crippen molar-refractivity contribution in [3.05, 3.63) is 40.2 Å². The van der Waals surface area contributed by atoms with Crippen LogP contribution in [-0.2, 0) is 11.3 Å². The van der Waals surface area contributed by atoms with Gasteiger partial charge in [0.1, 0.15) is 11.1 Å². The van der Waals surface area contributed by atoms with Crippen LogP contribution in [0.1, 0.15) is 29.5 Å². The van der Waals surface area contributed by atoms with Crippen molar-refractivity contribution in [2.45, 2.75) is 25.5 Å². The average molecular weight is 274 g/mol. The van der Waals surface area contributed by atoms with E-state index in [2.05, 4.69) is 29.6 Å². The molecule has 1 saturated carbocycles. The lowest BCUT2D eigenvalue weighted by atomic mass is 10.1. The lowest BCUT2D eigenvalue weighted by molar-refractivity contribution is 0.0844. The highest BCUT2D eigenvalue weighted by molar-refractivity contribution is 7.10. The van der Waals surface area contributed by atoms with Gasteiger partial charge in [-0.05, 0) is 24.3 Å². The van der Waals surface area contributed by atoms with Gasteiger partial charge in [-0.15, -0.1) is 11.3 Å². The summed E-state index contributed by atoms with van der Waals surface area (Å²) in [6.45, 7) is 0.579. The quantitative estimate of drug-likeness (QED) is 0.909. The normalized spacial score (nSPS) is 16.5. The minimum atomic E-state index is 0.182. The summed E-state index contributed by atoms with van der Waals surface area (Å²) in [6.07, 6.45) is 2.71. The molecule has 1 aliphatic rings. The number of rotatable bonds is 5. The summed E-state index contributed by atoms with van der Waals surface area (Å²) in [6, 6.07) is 8.28. The van der Waals surface area contributed by atoms with Crippen molar-refractivity contribution in [2.24, 2.45) is 11.7 Å². The third-order valence-electron chi connectivity index (χ3n) is 3.55. The molecule has 1 aromatic carbocycles. The molecule has 1 atom stereocenters. The van der Waals surface area contributed by atoms with Gasteiger partial charge in [0.25, 0.3) is 0 Å². The van der Waals surface area contributed by atoms with E-state index >= 15 is 0 Å². The van der Waals surface area contributed by atoms with E-state index in [1.165, 1.54) is 12.8 Å². The molecule has 19 heavy (non-hydrogen) atoms. The number of hydrogen-bond acceptors (Lipinski definition) is 4. The molecule has 3 rings (SSSR count). The molecule has 3 nitrogen and oxygen atoms in total. The van der Waals surface area contributed by atoms with Crippen molar-refractivity contribution in [3.63, 3.8) is 0 Å². The van der Waals surface area contributed by atoms with Crippen molar-refractivity contribution in [3.8, 4) is 11.3 Å². The lowest BCUT2D eigenvalue weighted by Gasteiger charge is -2.10. The third kappa shape index (κ3) is 2.71. The zero-order valence-corrected chi connectivity index (χ0v) is 11.8. The Labute approximate surface area is 117 Å². The molecule has 2 N–H and O–H groups in total. The molecule has 1 heterocycles. The number of nitrogens with zero attached hydrogens (tertiary/aromatic N) is 1. The Morgan fingerprint density at radius 3 is 2.68 bits per heavy atom. The van der Waals surface area contributed by atoms with Gasteiger partial charge in [0, 0.05) is 24.6 Å². The van der Waals surface area contributed by atoms with Crippen LogP contribution in [0.25, 0.3) is 11.3 Å². The predicted octanol–water partition coefficient (Wildman–Crippen LogP) is 3.37. The molecule has 100 valence electrons. The van der Waals surface area contributed by atoms with E-state index in [1.807, 2.05) is 0 Å². The second-order valence-electron chi connectivity index (χ2n) is 4.97. The highest BCUT2D eigenvalue weighted by Gasteiger charge is 2.34. The Balaban J connectivity index is 1.83. The molecule has 1 fully saturated rings. The van der Waals surface area contributed by atoms with Gasteiger partial charge in [-0.3, -0.25) is 0 Å². The lowest BCUT2D eigenvalue weighted by Crippen LogP contribution is -2.02. The summed E-state index contributed by atoms with van der Waals surface area (Å²) < 4.78 is 5.58. The summed E-state index contributed by atoms with van der Waals surface area (Å²) >= 11 is 1.69. The van der Waals surface area contributed by atoms with Gasteiger partial charge in [0.05, 0.1) is 5.69 Å². The first kappa shape index (κ1) is 12.8. The third-order valence-corrected chi connectivity index (χ3v) is 4.46. The molecule has 0 radical (unpaired) electrons. The summed E-state index contributed by atoms with van der Waals surface area (Å²) in [5.41, 5.74) is 8.93. The van der Waals surface area contributed by atoms with Crippen molar-refractivity contribution in [1.29, 1.82) is 0 Å². The molecule has 1 aromatic heterocycles. The fourth-order valence-electron chi connectivity index (χ4n) is 2.26. The van der Waals surface area contributed by atoms with Gasteiger partial charge in [0.15, 0.2) is 0 Å². The van der Waals surface area contributed by atoms with Gasteiger partial charge in [-0.25, -0.2) is 4.98 Å². The number of thiazole rings is 1. The van der Waals surface area contributed by atoms with Crippen LogP contribution in [0, 0.1) is 5.92 Å². The zero-order valence-electron chi connectivity index (χ0n) is 11.0. The molecule has 1 aliphatic carbocycles. The standard InChI is InChI=1S/C15H18N2OS/c1-18-14(12-6-7-12)15-17-13(9-19-15)11-4-2-10(8-16)3-5-11/h2-5,9,12,14H,6-8,16H2,1H3. The first-order valence-corrected chi connectivity index (χ1v) is 7.47. The first-order valence-electron chi connectivity index (χ1n) is 6.59. The molecule has 1 unspecified atom stereocenters. The van der Waals surface area contributed by atoms with E-state index in [0.29, 0.717) is 12.5 Å². The van der Waals surface area contributed by atoms with Crippen molar-refractivity contribution in [1.82, 2.24) is 4.98 Å². The largest absolute Gasteiger partial charge is 0.374 e. The monoisotopic (exact) mass is 274 g/mol. The van der Waals surface area contributed by atoms with Crippen LogP contribution in [0.15, 0.2) is 29.6 Å². The molecule has 2 aromatic rings. The fraction of sp³-hybridized carbons (Fsp3) is 0.400. The van der Waals surface area contributed by atoms with Crippen LogP contribution >= 0.6 is 11.3 Å². The second-order valence-corrected chi connectivity index (χ2v) is 5.86. The molecule has 0 spiro atoms. The summed E-state index contributed by atoms with van der Waals surface area (Å²) in [7, 11) is 1.78. The molecular formula is C15H18N2OS. The minimum absolute atomic E-state index is 0.182. The Morgan fingerprint density at radius 1 is 1.37 bits per heavy atom. The zero-order chi connectivity index (χ0) is 13.2. The highest BCUT2D eigenvalue weighted by atomic mass is 32.1. The van der Waals surface area contributed by atoms with Crippen LogP contribution in [0.2, 0.25) is 0 Å². The van der Waals surface area contributed by atoms with E-state index in [0.717, 1.165) is 21.8 Å². The van der Waals surface area contributed by atoms with Crippen molar-refractivity contribution >= 4 is 11.3 Å². The molecule has 0 aliphatic heterocycles. The average Bonchev–Trinajstić information content (AvgIpc) is 3.17. The summed E-state index contributed by atoms with van der Waals surface area (Å²) in [5, 5.41) is 3.21. The van der Waals surface area contributed by atoms with E-state index in [4.69, 9.17) is 15.5 Å². The molecule has 0 bridgehead atoms. The van der Waals surface area contributed by atoms with Crippen LogP contribution < -0.4 is 5.73 Å². The van der Waals surface area contributed by atoms with Gasteiger partial charge in [-0.2, -0.15) is 0 Å². The van der Waals surface area contributed by atoms with Crippen LogP contribution in [0.4, 0.5) is 0 Å². The van der Waals surface area contributed by atoms with Gasteiger partial charge in [-0.1, -0.05) is 24.3 Å². The van der Waals surface area contributed by atoms with Crippen LogP contribution in [0.3, 0.4) is 0 Å². The van der Waals surface area contributed by atoms with Gasteiger partial charge < -0.3 is 10.5 Å². The molecular weight excluding hydrogens is 256 g/mol. The second kappa shape index (κ2) is 5.41. The van der Waals surface area contributed by atoms with Gasteiger partial charge in [0.2, 0.25) is 0 Å². The molecule has 0 saturated heterocycles. The molecule has 4 heteroatoms. The maximum atomic E-state index is 5.61. The van der Waals surface area contributed by atoms with Crippen molar-refractivity contribution < 1.29 is 4.74 Å². The number of methoxy groups -OCH3 is 1. The van der Waals surface area contributed by atoms with E-state index < -0.39 is 0 Å². The topological polar surface area (TPSA) is 48.1 Å². The van der Waals surface area contributed by atoms with E-state index in [9.17, 15) is 0 Å². The SMILES string of the molecule is COC(c1nc(-c2ccc(CN)cc2)cs1)C1CC1. The predicted molar refractivity (Wildman–Crippen MR) is 77.9 cm³/mol. The number of hydrogen-bond donors (Lipinski definition) is 1. The van der Waals surface area contributed by atoms with Gasteiger partial charge >= 0.3 is 0 Å². The Hall–Kier alpha value is -1.23. The number of ether oxygens (including phenoxy) is 1. The Morgan fingerprint density at radius 2 is 2.11 bits per heavy atom. The number of benzene rings is 1. The summed E-state index contributed by atoms with van der Waals surface area (Å²) in [4.78, 5) is 4.73. The first-order chi connectivity index (χ1) is 9.31. The van der Waals surface area contributed by atoms with E-state index in [-0.39, 0.29) is 6.10 Å². The fourth-order valence-corrected chi connectivity index (χ4v) is 3.25. The maximum Gasteiger partial charge on any atom is 0.122 e. The molecule has 0 amide bonds. The number of nitrogens with two attached hydrogens (primary N) is 1. The summed E-state index contributed by atoms with van der Waals surface area (Å²) in [5.74, 6) is 0.670. The highest BCUT2D eigenvalue weighted by Crippen LogP contribution is 2.44. The minimum Gasteiger partial charge on any atom is -0.374 e. The smallest absolute Gasteiger partial charge is 0.122 e.